The Kier molecular flexibility index (Phi) is 4.43. The van der Waals surface area contributed by atoms with Crippen molar-refractivity contribution in [3.05, 3.63) is 29.8 Å². The third kappa shape index (κ3) is 2.73. The molecule has 1 atom stereocenters. The first kappa shape index (κ1) is 15.0. The maximum absolute atomic E-state index is 12.7. The lowest BCUT2D eigenvalue weighted by Gasteiger charge is -2.28. The third-order valence-corrected chi connectivity index (χ3v) is 4.50. The standard InChI is InChI=1S/C17H23N3O2/c1-3-15-16(12-5-4-6-14(11-12)22-2)19-20(17(15)21)13-7-9-18-10-8-13/h4-6,11,13,15,18H,3,7-10H2,1-2H3. The van der Waals surface area contributed by atoms with E-state index in [4.69, 9.17) is 9.84 Å². The SMILES string of the molecule is CCC1C(=O)N(C2CCNCC2)N=C1c1cccc(OC)c1. The van der Waals surface area contributed by atoms with Crippen LogP contribution in [-0.4, -0.2) is 42.9 Å². The summed E-state index contributed by atoms with van der Waals surface area (Å²) in [7, 11) is 1.65. The molecular formula is C17H23N3O2. The minimum atomic E-state index is -0.137. The molecule has 1 unspecified atom stereocenters. The van der Waals surface area contributed by atoms with Gasteiger partial charge in [-0.2, -0.15) is 5.10 Å². The number of nitrogens with one attached hydrogen (secondary N) is 1. The van der Waals surface area contributed by atoms with Gasteiger partial charge < -0.3 is 10.1 Å². The fourth-order valence-corrected chi connectivity index (χ4v) is 3.23. The normalized spacial score (nSPS) is 22.8. The number of nitrogens with zero attached hydrogens (tertiary/aromatic N) is 2. The molecule has 1 fully saturated rings. The average Bonchev–Trinajstić information content (AvgIpc) is 2.92. The van der Waals surface area contributed by atoms with Gasteiger partial charge in [0.05, 0.1) is 24.8 Å². The lowest BCUT2D eigenvalue weighted by Crippen LogP contribution is -2.42. The molecule has 2 aliphatic rings. The van der Waals surface area contributed by atoms with Crippen LogP contribution in [0.4, 0.5) is 0 Å². The Morgan fingerprint density at radius 1 is 1.36 bits per heavy atom. The molecule has 1 N–H and O–H groups in total. The molecular weight excluding hydrogens is 278 g/mol. The van der Waals surface area contributed by atoms with Crippen LogP contribution in [0.2, 0.25) is 0 Å². The second kappa shape index (κ2) is 6.48. The van der Waals surface area contributed by atoms with Gasteiger partial charge in [-0.15, -0.1) is 0 Å². The van der Waals surface area contributed by atoms with Gasteiger partial charge in [-0.3, -0.25) is 4.79 Å². The number of amides is 1. The number of carbonyl (C=O) groups excluding carboxylic acids is 1. The van der Waals surface area contributed by atoms with Crippen molar-refractivity contribution < 1.29 is 9.53 Å². The Morgan fingerprint density at radius 2 is 2.14 bits per heavy atom. The van der Waals surface area contributed by atoms with Gasteiger partial charge in [0, 0.05) is 5.56 Å². The Morgan fingerprint density at radius 3 is 2.82 bits per heavy atom. The van der Waals surface area contributed by atoms with E-state index in [2.05, 4.69) is 5.32 Å². The zero-order chi connectivity index (χ0) is 15.5. The topological polar surface area (TPSA) is 53.9 Å². The number of hydrazone groups is 1. The van der Waals surface area contributed by atoms with Gasteiger partial charge >= 0.3 is 0 Å². The van der Waals surface area contributed by atoms with Crippen LogP contribution in [-0.2, 0) is 4.79 Å². The largest absolute Gasteiger partial charge is 0.497 e. The summed E-state index contributed by atoms with van der Waals surface area (Å²) in [5.74, 6) is 0.803. The van der Waals surface area contributed by atoms with E-state index in [0.717, 1.165) is 49.4 Å². The number of piperidine rings is 1. The molecule has 118 valence electrons. The highest BCUT2D eigenvalue weighted by molar-refractivity contribution is 6.16. The van der Waals surface area contributed by atoms with E-state index in [1.165, 1.54) is 0 Å². The quantitative estimate of drug-likeness (QED) is 0.925. The van der Waals surface area contributed by atoms with Crippen LogP contribution in [0.1, 0.15) is 31.7 Å². The van der Waals surface area contributed by atoms with E-state index in [0.29, 0.717) is 0 Å². The Balaban J connectivity index is 1.91. The maximum atomic E-state index is 12.7. The lowest BCUT2D eigenvalue weighted by atomic mass is 9.94. The Labute approximate surface area is 131 Å². The van der Waals surface area contributed by atoms with Crippen molar-refractivity contribution in [2.45, 2.75) is 32.2 Å². The summed E-state index contributed by atoms with van der Waals surface area (Å²) in [6.07, 6.45) is 2.71. The van der Waals surface area contributed by atoms with Crippen LogP contribution >= 0.6 is 0 Å². The predicted molar refractivity (Wildman–Crippen MR) is 86.0 cm³/mol. The first-order chi connectivity index (χ1) is 10.7. The monoisotopic (exact) mass is 301 g/mol. The summed E-state index contributed by atoms with van der Waals surface area (Å²) in [4.78, 5) is 12.7. The van der Waals surface area contributed by atoms with Gasteiger partial charge in [-0.1, -0.05) is 19.1 Å². The van der Waals surface area contributed by atoms with Crippen LogP contribution in [0.3, 0.4) is 0 Å². The van der Waals surface area contributed by atoms with Crippen molar-refractivity contribution in [3.8, 4) is 5.75 Å². The number of hydrogen-bond acceptors (Lipinski definition) is 4. The summed E-state index contributed by atoms with van der Waals surface area (Å²) >= 11 is 0. The van der Waals surface area contributed by atoms with E-state index in [1.54, 1.807) is 12.1 Å². The maximum Gasteiger partial charge on any atom is 0.252 e. The number of carbonyl (C=O) groups is 1. The molecule has 0 aromatic heterocycles. The number of rotatable bonds is 4. The second-order valence-corrected chi connectivity index (χ2v) is 5.84. The number of methoxy groups -OCH3 is 1. The van der Waals surface area contributed by atoms with Crippen LogP contribution in [0, 0.1) is 5.92 Å². The summed E-state index contributed by atoms with van der Waals surface area (Å²) in [5, 5.41) is 9.78. The molecule has 2 heterocycles. The van der Waals surface area contributed by atoms with Crippen molar-refractivity contribution in [2.24, 2.45) is 11.0 Å². The van der Waals surface area contributed by atoms with E-state index >= 15 is 0 Å². The number of hydrogen-bond donors (Lipinski definition) is 1. The highest BCUT2D eigenvalue weighted by Gasteiger charge is 2.39. The van der Waals surface area contributed by atoms with E-state index in [-0.39, 0.29) is 17.9 Å². The molecule has 0 bridgehead atoms. The highest BCUT2D eigenvalue weighted by Crippen LogP contribution is 2.28. The van der Waals surface area contributed by atoms with E-state index in [9.17, 15) is 4.79 Å². The van der Waals surface area contributed by atoms with Gasteiger partial charge in [0.15, 0.2) is 0 Å². The molecule has 22 heavy (non-hydrogen) atoms. The molecule has 0 aliphatic carbocycles. The van der Waals surface area contributed by atoms with Crippen LogP contribution in [0.25, 0.3) is 0 Å². The van der Waals surface area contributed by atoms with Crippen LogP contribution in [0.5, 0.6) is 5.75 Å². The summed E-state index contributed by atoms with van der Waals surface area (Å²) in [6, 6.07) is 8.04. The van der Waals surface area contributed by atoms with Gasteiger partial charge in [-0.05, 0) is 44.5 Å². The Hall–Kier alpha value is -1.88. The number of ether oxygens (including phenoxy) is 1. The second-order valence-electron chi connectivity index (χ2n) is 5.84. The van der Waals surface area contributed by atoms with Gasteiger partial charge in [0.25, 0.3) is 5.91 Å². The fraction of sp³-hybridized carbons (Fsp3) is 0.529. The van der Waals surface area contributed by atoms with Crippen molar-refractivity contribution >= 4 is 11.6 Å². The molecule has 0 spiro atoms. The average molecular weight is 301 g/mol. The van der Waals surface area contributed by atoms with Gasteiger partial charge in [-0.25, -0.2) is 5.01 Å². The van der Waals surface area contributed by atoms with E-state index < -0.39 is 0 Å². The first-order valence-electron chi connectivity index (χ1n) is 8.01. The fourth-order valence-electron chi connectivity index (χ4n) is 3.23. The first-order valence-corrected chi connectivity index (χ1v) is 8.01. The molecule has 0 radical (unpaired) electrons. The molecule has 1 saturated heterocycles. The molecule has 1 aromatic rings. The molecule has 3 rings (SSSR count). The molecule has 0 saturated carbocycles. The minimum absolute atomic E-state index is 0.137. The molecule has 5 nitrogen and oxygen atoms in total. The lowest BCUT2D eigenvalue weighted by molar-refractivity contribution is -0.134. The molecule has 1 aromatic carbocycles. The van der Waals surface area contributed by atoms with E-state index in [1.807, 2.05) is 31.2 Å². The highest BCUT2D eigenvalue weighted by atomic mass is 16.5. The zero-order valence-corrected chi connectivity index (χ0v) is 13.2. The van der Waals surface area contributed by atoms with Gasteiger partial charge in [0.2, 0.25) is 0 Å². The zero-order valence-electron chi connectivity index (χ0n) is 13.2. The summed E-state index contributed by atoms with van der Waals surface area (Å²) in [5.41, 5.74) is 1.86. The van der Waals surface area contributed by atoms with Crippen LogP contribution < -0.4 is 10.1 Å². The Bertz CT molecular complexity index is 579. The predicted octanol–water partition coefficient (Wildman–Crippen LogP) is 2.02. The molecule has 5 heteroatoms. The van der Waals surface area contributed by atoms with Crippen molar-refractivity contribution in [3.63, 3.8) is 0 Å². The van der Waals surface area contributed by atoms with Gasteiger partial charge in [0.1, 0.15) is 5.75 Å². The third-order valence-electron chi connectivity index (χ3n) is 4.50. The van der Waals surface area contributed by atoms with Crippen molar-refractivity contribution in [1.82, 2.24) is 10.3 Å². The minimum Gasteiger partial charge on any atom is -0.497 e. The molecule has 1 amide bonds. The molecule has 2 aliphatic heterocycles. The smallest absolute Gasteiger partial charge is 0.252 e. The van der Waals surface area contributed by atoms with Crippen LogP contribution in [0.15, 0.2) is 29.4 Å². The summed E-state index contributed by atoms with van der Waals surface area (Å²) < 4.78 is 5.29. The van der Waals surface area contributed by atoms with Crippen molar-refractivity contribution in [2.75, 3.05) is 20.2 Å². The van der Waals surface area contributed by atoms with Crippen molar-refractivity contribution in [1.29, 1.82) is 0 Å². The number of benzene rings is 1. The summed E-state index contributed by atoms with van der Waals surface area (Å²) in [6.45, 7) is 3.95.